The average molecular weight is 371 g/mol. The van der Waals surface area contributed by atoms with Crippen LogP contribution in [0.4, 0.5) is 0 Å². The molecule has 24 heavy (non-hydrogen) atoms. The van der Waals surface area contributed by atoms with Gasteiger partial charge in [0.1, 0.15) is 15.5 Å². The Balaban J connectivity index is 1.92. The van der Waals surface area contributed by atoms with Crippen LogP contribution in [0.1, 0.15) is 20.2 Å². The number of nitrogens with one attached hydrogen (secondary N) is 2. The number of ether oxygens (including phenoxy) is 1. The summed E-state index contributed by atoms with van der Waals surface area (Å²) in [5.41, 5.74) is 0.476. The molecule has 0 fully saturated rings. The molecule has 0 unspecified atom stereocenters. The molecule has 0 radical (unpaired) electrons. The molecule has 0 aromatic carbocycles. The maximum absolute atomic E-state index is 12.2. The summed E-state index contributed by atoms with van der Waals surface area (Å²) < 4.78 is 33.0. The molecule has 2 N–H and O–H groups in total. The lowest BCUT2D eigenvalue weighted by Crippen LogP contribution is -2.35. The smallest absolute Gasteiger partial charge is 0.349 e. The number of thiophene rings is 1. The van der Waals surface area contributed by atoms with E-state index < -0.39 is 16.0 Å². The number of aromatic nitrogens is 1. The molecule has 0 atom stereocenters. The normalized spacial score (nSPS) is 11.2. The lowest BCUT2D eigenvalue weighted by Gasteiger charge is -2.08. The quantitative estimate of drug-likeness (QED) is 0.547. The van der Waals surface area contributed by atoms with Crippen molar-refractivity contribution in [3.05, 3.63) is 40.3 Å². The number of carbonyl (C=O) groups excluding carboxylic acids is 2. The summed E-state index contributed by atoms with van der Waals surface area (Å²) >= 11 is 0.987. The van der Waals surface area contributed by atoms with Crippen molar-refractivity contribution < 1.29 is 22.7 Å². The van der Waals surface area contributed by atoms with Crippen LogP contribution in [-0.2, 0) is 21.8 Å². The van der Waals surface area contributed by atoms with E-state index in [4.69, 9.17) is 0 Å². The lowest BCUT2D eigenvalue weighted by atomic mass is 10.4. The molecule has 2 rings (SSSR count). The Labute approximate surface area is 143 Å². The molecule has 2 aromatic rings. The molecule has 0 aliphatic heterocycles. The van der Waals surface area contributed by atoms with Gasteiger partial charge in [0.15, 0.2) is 0 Å². The summed E-state index contributed by atoms with van der Waals surface area (Å²) in [5.74, 6) is -1.00. The third kappa shape index (κ3) is 4.02. The molecule has 0 bridgehead atoms. The van der Waals surface area contributed by atoms with E-state index in [9.17, 15) is 18.0 Å². The molecule has 2 aromatic heterocycles. The maximum Gasteiger partial charge on any atom is 0.349 e. The van der Waals surface area contributed by atoms with Crippen LogP contribution < -0.4 is 10.0 Å². The number of rotatable bonds is 7. The molecule has 8 nitrogen and oxygen atoms in total. The first kappa shape index (κ1) is 18.2. The third-order valence-electron chi connectivity index (χ3n) is 3.17. The van der Waals surface area contributed by atoms with E-state index in [1.807, 2.05) is 0 Å². The van der Waals surface area contributed by atoms with E-state index in [2.05, 4.69) is 14.8 Å². The van der Waals surface area contributed by atoms with Gasteiger partial charge in [0.05, 0.1) is 7.11 Å². The molecule has 0 aliphatic carbocycles. The summed E-state index contributed by atoms with van der Waals surface area (Å²) in [6.07, 6.45) is 1.74. The van der Waals surface area contributed by atoms with Crippen LogP contribution in [0.25, 0.3) is 0 Å². The molecule has 10 heteroatoms. The van der Waals surface area contributed by atoms with Crippen molar-refractivity contribution in [1.29, 1.82) is 0 Å². The van der Waals surface area contributed by atoms with Gasteiger partial charge >= 0.3 is 5.97 Å². The molecular weight excluding hydrogens is 354 g/mol. The number of esters is 1. The first-order chi connectivity index (χ1) is 11.4. The molecule has 0 spiro atoms. The Hall–Kier alpha value is -2.17. The van der Waals surface area contributed by atoms with Crippen LogP contribution in [-0.4, -0.2) is 45.1 Å². The second kappa shape index (κ2) is 7.60. The van der Waals surface area contributed by atoms with Crippen LogP contribution in [0.15, 0.2) is 34.7 Å². The SMILES string of the molecule is COC(=O)c1sccc1S(=O)(=O)NCCNC(=O)c1cccn1C. The van der Waals surface area contributed by atoms with Crippen molar-refractivity contribution in [3.8, 4) is 0 Å². The zero-order valence-corrected chi connectivity index (χ0v) is 14.7. The second-order valence-electron chi connectivity index (χ2n) is 4.76. The topological polar surface area (TPSA) is 106 Å². The predicted octanol–water partition coefficient (Wildman–Crippen LogP) is 0.581. The molecule has 1 amide bonds. The van der Waals surface area contributed by atoms with Gasteiger partial charge in [0, 0.05) is 26.3 Å². The standard InChI is InChI=1S/C14H17N3O5S2/c1-17-8-3-4-10(17)13(18)15-6-7-16-24(20,21)11-5-9-23-12(11)14(19)22-2/h3-5,8-9,16H,6-7H2,1-2H3,(H,15,18). The van der Waals surface area contributed by atoms with Gasteiger partial charge in [-0.15, -0.1) is 11.3 Å². The number of amides is 1. The largest absolute Gasteiger partial charge is 0.465 e. The summed E-state index contributed by atoms with van der Waals surface area (Å²) in [6, 6.07) is 4.73. The van der Waals surface area contributed by atoms with Gasteiger partial charge in [0.2, 0.25) is 10.0 Å². The number of nitrogens with zero attached hydrogens (tertiary/aromatic N) is 1. The first-order valence-electron chi connectivity index (χ1n) is 6.92. The molecule has 0 aliphatic rings. The van der Waals surface area contributed by atoms with Gasteiger partial charge in [-0.1, -0.05) is 0 Å². The van der Waals surface area contributed by atoms with Gasteiger partial charge in [-0.3, -0.25) is 4.79 Å². The fourth-order valence-corrected chi connectivity index (χ4v) is 4.34. The van der Waals surface area contributed by atoms with Gasteiger partial charge < -0.3 is 14.6 Å². The number of hydrogen-bond acceptors (Lipinski definition) is 6. The highest BCUT2D eigenvalue weighted by molar-refractivity contribution is 7.89. The van der Waals surface area contributed by atoms with Crippen LogP contribution >= 0.6 is 11.3 Å². The Morgan fingerprint density at radius 2 is 2.04 bits per heavy atom. The maximum atomic E-state index is 12.2. The summed E-state index contributed by atoms with van der Waals surface area (Å²) in [4.78, 5) is 23.3. The highest BCUT2D eigenvalue weighted by atomic mass is 32.2. The molecule has 2 heterocycles. The van der Waals surface area contributed by atoms with E-state index in [-0.39, 0.29) is 28.8 Å². The van der Waals surface area contributed by atoms with Gasteiger partial charge in [-0.25, -0.2) is 17.9 Å². The Morgan fingerprint density at radius 1 is 1.29 bits per heavy atom. The minimum Gasteiger partial charge on any atom is -0.465 e. The van der Waals surface area contributed by atoms with Crippen molar-refractivity contribution in [2.45, 2.75) is 4.90 Å². The molecule has 130 valence electrons. The Kier molecular flexibility index (Phi) is 5.75. The molecule has 0 saturated heterocycles. The number of hydrogen-bond donors (Lipinski definition) is 2. The average Bonchev–Trinajstić information content (AvgIpc) is 3.19. The zero-order valence-electron chi connectivity index (χ0n) is 13.1. The van der Waals surface area contributed by atoms with E-state index in [0.29, 0.717) is 5.69 Å². The van der Waals surface area contributed by atoms with E-state index in [1.165, 1.54) is 18.6 Å². The van der Waals surface area contributed by atoms with E-state index in [0.717, 1.165) is 11.3 Å². The lowest BCUT2D eigenvalue weighted by molar-refractivity contribution is 0.0602. The van der Waals surface area contributed by atoms with Crippen molar-refractivity contribution in [2.75, 3.05) is 20.2 Å². The Morgan fingerprint density at radius 3 is 2.67 bits per heavy atom. The Bertz CT molecular complexity index is 838. The predicted molar refractivity (Wildman–Crippen MR) is 88.6 cm³/mol. The number of aryl methyl sites for hydroxylation is 1. The van der Waals surface area contributed by atoms with Crippen LogP contribution in [0, 0.1) is 0 Å². The van der Waals surface area contributed by atoms with Crippen molar-refractivity contribution in [1.82, 2.24) is 14.6 Å². The summed E-state index contributed by atoms with van der Waals surface area (Å²) in [6.45, 7) is 0.107. The monoisotopic (exact) mass is 371 g/mol. The van der Waals surface area contributed by atoms with Gasteiger partial charge in [-0.05, 0) is 23.6 Å². The summed E-state index contributed by atoms with van der Waals surface area (Å²) in [7, 11) is -0.935. The van der Waals surface area contributed by atoms with E-state index in [1.54, 1.807) is 29.9 Å². The fourth-order valence-electron chi connectivity index (χ4n) is 1.98. The minimum absolute atomic E-state index is 0.00500. The van der Waals surface area contributed by atoms with Gasteiger partial charge in [-0.2, -0.15) is 0 Å². The van der Waals surface area contributed by atoms with Crippen molar-refractivity contribution >= 4 is 33.2 Å². The highest BCUT2D eigenvalue weighted by Crippen LogP contribution is 2.22. The molecular formula is C14H17N3O5S2. The van der Waals surface area contributed by atoms with E-state index >= 15 is 0 Å². The summed E-state index contributed by atoms with van der Waals surface area (Å²) in [5, 5.41) is 4.11. The minimum atomic E-state index is -3.86. The van der Waals surface area contributed by atoms with Crippen LogP contribution in [0.5, 0.6) is 0 Å². The second-order valence-corrected chi connectivity index (χ2v) is 7.42. The van der Waals surface area contributed by atoms with Crippen molar-refractivity contribution in [2.24, 2.45) is 7.05 Å². The van der Waals surface area contributed by atoms with Crippen LogP contribution in [0.2, 0.25) is 0 Å². The van der Waals surface area contributed by atoms with Crippen LogP contribution in [0.3, 0.4) is 0 Å². The zero-order chi connectivity index (χ0) is 17.7. The van der Waals surface area contributed by atoms with Gasteiger partial charge in [0.25, 0.3) is 5.91 Å². The molecule has 0 saturated carbocycles. The fraction of sp³-hybridized carbons (Fsp3) is 0.286. The first-order valence-corrected chi connectivity index (χ1v) is 9.28. The number of carbonyl (C=O) groups is 2. The number of sulfonamides is 1. The highest BCUT2D eigenvalue weighted by Gasteiger charge is 2.24. The number of methoxy groups -OCH3 is 1. The third-order valence-corrected chi connectivity index (χ3v) is 5.70. The van der Waals surface area contributed by atoms with Crippen molar-refractivity contribution in [3.63, 3.8) is 0 Å².